The van der Waals surface area contributed by atoms with Gasteiger partial charge in [-0.05, 0) is 0 Å². The number of nitrogens with zero attached hydrogens (tertiary/aromatic N) is 1. The molecule has 66 valence electrons. The summed E-state index contributed by atoms with van der Waals surface area (Å²) in [6, 6.07) is -1.04. The Morgan fingerprint density at radius 3 is 2.67 bits per heavy atom. The molecule has 0 fully saturated rings. The summed E-state index contributed by atoms with van der Waals surface area (Å²) in [6.07, 6.45) is 0. The van der Waals surface area contributed by atoms with Gasteiger partial charge in [-0.3, -0.25) is 4.99 Å². The summed E-state index contributed by atoms with van der Waals surface area (Å²) in [5, 5.41) is 20.5. The van der Waals surface area contributed by atoms with Gasteiger partial charge in [0.1, 0.15) is 0 Å². The molecule has 1 aliphatic rings. The predicted molar refractivity (Wildman–Crippen MR) is 38.6 cm³/mol. The van der Waals surface area contributed by atoms with E-state index in [1.54, 1.807) is 0 Å². The van der Waals surface area contributed by atoms with E-state index in [0.29, 0.717) is 0 Å². The van der Waals surface area contributed by atoms with E-state index in [9.17, 15) is 19.8 Å². The van der Waals surface area contributed by atoms with Crippen LogP contribution in [0.5, 0.6) is 0 Å². The topological polar surface area (TPSA) is 92.6 Å². The van der Waals surface area contributed by atoms with Crippen LogP contribution in [0.3, 0.4) is 0 Å². The molecular weight excluding hydrogens is 182 g/mol. The minimum Gasteiger partial charge on any atom is -0.548 e. The Hall–Kier alpha value is -1.04. The summed E-state index contributed by atoms with van der Waals surface area (Å²) in [4.78, 5) is 24.0. The average molecular weight is 187 g/mol. The number of hydrogen-bond donors (Lipinski definition) is 0. The van der Waals surface area contributed by atoms with Crippen LogP contribution in [-0.2, 0) is 9.59 Å². The molecule has 1 atom stereocenters. The van der Waals surface area contributed by atoms with Gasteiger partial charge in [0, 0.05) is 11.5 Å². The minimum absolute atomic E-state index is 0.201. The summed E-state index contributed by atoms with van der Waals surface area (Å²) in [6.45, 7) is 0. The van der Waals surface area contributed by atoms with E-state index >= 15 is 0 Å². The van der Waals surface area contributed by atoms with E-state index < -0.39 is 18.0 Å². The summed E-state index contributed by atoms with van der Waals surface area (Å²) in [7, 11) is 0. The largest absolute Gasteiger partial charge is 0.548 e. The van der Waals surface area contributed by atoms with Crippen molar-refractivity contribution < 1.29 is 19.8 Å². The van der Waals surface area contributed by atoms with Crippen molar-refractivity contribution in [2.75, 3.05) is 11.5 Å². The monoisotopic (exact) mass is 187 g/mol. The first kappa shape index (κ1) is 9.05. The summed E-state index contributed by atoms with van der Waals surface area (Å²) in [5.41, 5.74) is -0.208. The normalized spacial score (nSPS) is 23.0. The molecule has 0 spiro atoms. The SMILES string of the molecule is O=C([O-])C1=N[C@H](C(=O)[O-])CSC1. The number of aliphatic imine (C=N–C) groups is 1. The molecule has 0 aromatic rings. The smallest absolute Gasteiger partial charge is 0.0987 e. The molecule has 0 bridgehead atoms. The highest BCUT2D eigenvalue weighted by molar-refractivity contribution is 8.00. The number of rotatable bonds is 2. The molecule has 0 unspecified atom stereocenters. The molecule has 5 nitrogen and oxygen atoms in total. The lowest BCUT2D eigenvalue weighted by Crippen LogP contribution is -2.42. The molecule has 0 aromatic carbocycles. The Kier molecular flexibility index (Phi) is 2.69. The Morgan fingerprint density at radius 1 is 1.50 bits per heavy atom. The van der Waals surface area contributed by atoms with Gasteiger partial charge in [-0.2, -0.15) is 11.8 Å². The number of carbonyl (C=O) groups excluding carboxylic acids is 2. The Morgan fingerprint density at radius 2 is 2.17 bits per heavy atom. The van der Waals surface area contributed by atoms with Crippen molar-refractivity contribution in [3.8, 4) is 0 Å². The number of hydrogen-bond acceptors (Lipinski definition) is 6. The van der Waals surface area contributed by atoms with Crippen molar-refractivity contribution in [2.45, 2.75) is 6.04 Å². The van der Waals surface area contributed by atoms with Crippen LogP contribution >= 0.6 is 11.8 Å². The zero-order valence-corrected chi connectivity index (χ0v) is 6.80. The maximum atomic E-state index is 10.3. The Labute approximate surface area is 72.5 Å². The van der Waals surface area contributed by atoms with Crippen molar-refractivity contribution in [1.29, 1.82) is 0 Å². The van der Waals surface area contributed by atoms with Gasteiger partial charge in [-0.15, -0.1) is 0 Å². The van der Waals surface area contributed by atoms with Gasteiger partial charge in [0.15, 0.2) is 0 Å². The maximum Gasteiger partial charge on any atom is 0.0987 e. The van der Waals surface area contributed by atoms with Crippen LogP contribution in [0.2, 0.25) is 0 Å². The van der Waals surface area contributed by atoms with Crippen LogP contribution in [0.25, 0.3) is 0 Å². The maximum absolute atomic E-state index is 10.3. The molecule has 0 saturated heterocycles. The third kappa shape index (κ3) is 1.97. The van der Waals surface area contributed by atoms with Crippen molar-refractivity contribution >= 4 is 29.4 Å². The van der Waals surface area contributed by atoms with Gasteiger partial charge in [0.2, 0.25) is 0 Å². The fourth-order valence-corrected chi connectivity index (χ4v) is 1.70. The zero-order chi connectivity index (χ0) is 9.14. The second-order valence-corrected chi connectivity index (χ2v) is 3.24. The highest BCUT2D eigenvalue weighted by atomic mass is 32.2. The third-order valence-electron chi connectivity index (χ3n) is 1.33. The van der Waals surface area contributed by atoms with E-state index in [1.165, 1.54) is 11.8 Å². The van der Waals surface area contributed by atoms with Gasteiger partial charge in [-0.25, -0.2) is 0 Å². The molecule has 0 aromatic heterocycles. The third-order valence-corrected chi connectivity index (χ3v) is 2.36. The quantitative estimate of drug-likeness (QED) is 0.460. The standard InChI is InChI=1S/C6H7NO4S/c8-5(9)3-1-12-2-4(7-3)6(10)11/h3H,1-2H2,(H,8,9)(H,10,11)/p-2/t3-/m0/s1. The lowest BCUT2D eigenvalue weighted by Gasteiger charge is -2.20. The molecule has 1 rings (SSSR count). The number of carboxylic acid groups (broad SMARTS) is 2. The van der Waals surface area contributed by atoms with E-state index in [-0.39, 0.29) is 17.2 Å². The van der Waals surface area contributed by atoms with Gasteiger partial charge in [0.25, 0.3) is 0 Å². The summed E-state index contributed by atoms with van der Waals surface area (Å²) >= 11 is 1.20. The molecule has 0 N–H and O–H groups in total. The van der Waals surface area contributed by atoms with Crippen molar-refractivity contribution in [1.82, 2.24) is 0 Å². The average Bonchev–Trinajstić information content (AvgIpc) is 2.04. The first-order valence-corrected chi connectivity index (χ1v) is 4.33. The molecule has 0 radical (unpaired) electrons. The molecule has 0 saturated carbocycles. The Bertz CT molecular complexity index is 250. The van der Waals surface area contributed by atoms with Gasteiger partial charge in [0.05, 0.1) is 23.7 Å². The van der Waals surface area contributed by atoms with Crippen LogP contribution in [0.1, 0.15) is 0 Å². The fourth-order valence-electron chi connectivity index (χ4n) is 0.762. The first-order valence-electron chi connectivity index (χ1n) is 3.18. The van der Waals surface area contributed by atoms with Crippen LogP contribution in [-0.4, -0.2) is 35.2 Å². The fraction of sp³-hybridized carbons (Fsp3) is 0.500. The molecule has 1 heterocycles. The molecule has 0 amide bonds. The first-order chi connectivity index (χ1) is 5.61. The van der Waals surface area contributed by atoms with E-state index in [2.05, 4.69) is 4.99 Å². The van der Waals surface area contributed by atoms with Crippen LogP contribution in [0.15, 0.2) is 4.99 Å². The minimum atomic E-state index is -1.41. The van der Waals surface area contributed by atoms with E-state index in [0.717, 1.165) is 0 Å². The molecule has 6 heteroatoms. The van der Waals surface area contributed by atoms with Gasteiger partial charge in [-0.1, -0.05) is 0 Å². The predicted octanol–water partition coefficient (Wildman–Crippen LogP) is -2.96. The van der Waals surface area contributed by atoms with Crippen molar-refractivity contribution in [3.63, 3.8) is 0 Å². The van der Waals surface area contributed by atoms with Crippen LogP contribution < -0.4 is 10.2 Å². The second kappa shape index (κ2) is 3.57. The summed E-state index contributed by atoms with van der Waals surface area (Å²) in [5.74, 6) is -2.29. The molecule has 12 heavy (non-hydrogen) atoms. The summed E-state index contributed by atoms with van der Waals surface area (Å²) < 4.78 is 0. The Balaban J connectivity index is 2.76. The van der Waals surface area contributed by atoms with Crippen molar-refractivity contribution in [3.05, 3.63) is 0 Å². The lowest BCUT2D eigenvalue weighted by molar-refractivity contribution is -0.306. The zero-order valence-electron chi connectivity index (χ0n) is 5.98. The number of thioether (sulfide) groups is 1. The molecule has 1 aliphatic heterocycles. The lowest BCUT2D eigenvalue weighted by atomic mass is 10.3. The molecular formula is C6H5NO4S-2. The molecule has 0 aliphatic carbocycles. The van der Waals surface area contributed by atoms with E-state index in [1.807, 2.05) is 0 Å². The second-order valence-electron chi connectivity index (χ2n) is 2.21. The van der Waals surface area contributed by atoms with Gasteiger partial charge < -0.3 is 19.8 Å². The highest BCUT2D eigenvalue weighted by Gasteiger charge is 2.16. The van der Waals surface area contributed by atoms with E-state index in [4.69, 9.17) is 0 Å². The van der Waals surface area contributed by atoms with Gasteiger partial charge >= 0.3 is 0 Å². The van der Waals surface area contributed by atoms with Crippen LogP contribution in [0, 0.1) is 0 Å². The number of aliphatic carboxylic acids is 2. The number of carbonyl (C=O) groups is 2. The highest BCUT2D eigenvalue weighted by Crippen LogP contribution is 2.12. The number of carboxylic acids is 2. The van der Waals surface area contributed by atoms with Crippen molar-refractivity contribution in [2.24, 2.45) is 4.99 Å². The van der Waals surface area contributed by atoms with Crippen LogP contribution in [0.4, 0.5) is 0 Å².